The first-order valence-corrected chi connectivity index (χ1v) is 7.67. The van der Waals surface area contributed by atoms with Crippen LogP contribution in [0.5, 0.6) is 0 Å². The van der Waals surface area contributed by atoms with Crippen LogP contribution < -0.4 is 0 Å². The average Bonchev–Trinajstić information content (AvgIpc) is 2.66. The Morgan fingerprint density at radius 1 is 1.37 bits per heavy atom. The molecule has 0 aliphatic heterocycles. The van der Waals surface area contributed by atoms with E-state index in [-0.39, 0.29) is 0 Å². The Morgan fingerprint density at radius 2 is 2.11 bits per heavy atom. The molecule has 2 heterocycles. The molecule has 0 bridgehead atoms. The van der Waals surface area contributed by atoms with E-state index in [4.69, 9.17) is 23.2 Å². The van der Waals surface area contributed by atoms with Crippen molar-refractivity contribution in [3.05, 3.63) is 39.2 Å². The fourth-order valence-corrected chi connectivity index (χ4v) is 2.68. The smallest absolute Gasteiger partial charge is 0.155 e. The second-order valence-electron chi connectivity index (χ2n) is 4.69. The number of alkyl halides is 1. The SMILES string of the molecule is CC(C)Cc1nn(-c2ccc(Br)cn2)c(Cl)c1CCl. The Hall–Kier alpha value is -0.580. The van der Waals surface area contributed by atoms with E-state index < -0.39 is 0 Å². The molecule has 0 amide bonds. The van der Waals surface area contributed by atoms with Crippen LogP contribution in [0.1, 0.15) is 25.1 Å². The van der Waals surface area contributed by atoms with Crippen molar-refractivity contribution in [3.8, 4) is 5.82 Å². The lowest BCUT2D eigenvalue weighted by molar-refractivity contribution is 0.625. The molecule has 0 unspecified atom stereocenters. The van der Waals surface area contributed by atoms with Crippen LogP contribution in [-0.4, -0.2) is 14.8 Å². The zero-order valence-electron chi connectivity index (χ0n) is 10.7. The maximum absolute atomic E-state index is 6.35. The summed E-state index contributed by atoms with van der Waals surface area (Å²) in [5.41, 5.74) is 1.83. The standard InChI is InChI=1S/C13H14BrCl2N3/c1-8(2)5-11-10(6-15)13(16)19(18-11)12-4-3-9(14)7-17-12/h3-4,7-8H,5-6H2,1-2H3. The van der Waals surface area contributed by atoms with E-state index in [1.807, 2.05) is 12.1 Å². The molecule has 2 aromatic rings. The molecule has 0 saturated heterocycles. The highest BCUT2D eigenvalue weighted by molar-refractivity contribution is 9.10. The van der Waals surface area contributed by atoms with Crippen molar-refractivity contribution in [2.45, 2.75) is 26.1 Å². The molecular weight excluding hydrogens is 349 g/mol. The highest BCUT2D eigenvalue weighted by Gasteiger charge is 2.17. The number of nitrogens with zero attached hydrogens (tertiary/aromatic N) is 3. The summed E-state index contributed by atoms with van der Waals surface area (Å²) in [7, 11) is 0. The summed E-state index contributed by atoms with van der Waals surface area (Å²) in [6, 6.07) is 3.77. The fraction of sp³-hybridized carbons (Fsp3) is 0.385. The van der Waals surface area contributed by atoms with Gasteiger partial charge in [-0.1, -0.05) is 25.4 Å². The van der Waals surface area contributed by atoms with Gasteiger partial charge in [0, 0.05) is 16.2 Å². The summed E-state index contributed by atoms with van der Waals surface area (Å²) in [4.78, 5) is 4.30. The second kappa shape index (κ2) is 6.25. The summed E-state index contributed by atoms with van der Waals surface area (Å²) in [5.74, 6) is 1.55. The minimum atomic E-state index is 0.359. The summed E-state index contributed by atoms with van der Waals surface area (Å²) in [5, 5.41) is 5.09. The maximum Gasteiger partial charge on any atom is 0.155 e. The van der Waals surface area contributed by atoms with Gasteiger partial charge in [-0.3, -0.25) is 0 Å². The van der Waals surface area contributed by atoms with E-state index in [9.17, 15) is 0 Å². The third-order valence-electron chi connectivity index (χ3n) is 2.67. The molecule has 0 saturated carbocycles. The lowest BCUT2D eigenvalue weighted by Crippen LogP contribution is -2.01. The predicted molar refractivity (Wildman–Crippen MR) is 82.2 cm³/mol. The van der Waals surface area contributed by atoms with Gasteiger partial charge in [-0.15, -0.1) is 11.6 Å². The highest BCUT2D eigenvalue weighted by Crippen LogP contribution is 2.26. The van der Waals surface area contributed by atoms with Crippen LogP contribution in [0.4, 0.5) is 0 Å². The molecule has 0 atom stereocenters. The molecule has 0 aromatic carbocycles. The van der Waals surface area contributed by atoms with Gasteiger partial charge in [0.15, 0.2) is 5.82 Å². The van der Waals surface area contributed by atoms with Crippen LogP contribution >= 0.6 is 39.1 Å². The largest absolute Gasteiger partial charge is 0.236 e. The molecule has 19 heavy (non-hydrogen) atoms. The van der Waals surface area contributed by atoms with Gasteiger partial charge in [0.25, 0.3) is 0 Å². The third-order valence-corrected chi connectivity index (χ3v) is 3.79. The van der Waals surface area contributed by atoms with Gasteiger partial charge >= 0.3 is 0 Å². The molecule has 0 fully saturated rings. The lowest BCUT2D eigenvalue weighted by Gasteiger charge is -2.02. The minimum absolute atomic E-state index is 0.359. The molecule has 0 aliphatic carbocycles. The van der Waals surface area contributed by atoms with Crippen LogP contribution in [0.2, 0.25) is 5.15 Å². The van der Waals surface area contributed by atoms with Crippen molar-refractivity contribution in [1.29, 1.82) is 0 Å². The number of pyridine rings is 1. The van der Waals surface area contributed by atoms with Crippen molar-refractivity contribution < 1.29 is 0 Å². The minimum Gasteiger partial charge on any atom is -0.236 e. The first kappa shape index (κ1) is 14.8. The fourth-order valence-electron chi connectivity index (χ4n) is 1.80. The Morgan fingerprint density at radius 3 is 2.63 bits per heavy atom. The molecule has 2 aromatic heterocycles. The van der Waals surface area contributed by atoms with Crippen LogP contribution in [0.15, 0.2) is 22.8 Å². The Bertz CT molecular complexity index is 564. The first-order valence-electron chi connectivity index (χ1n) is 5.97. The van der Waals surface area contributed by atoms with Gasteiger partial charge in [-0.2, -0.15) is 5.10 Å². The molecule has 102 valence electrons. The van der Waals surface area contributed by atoms with Crippen molar-refractivity contribution in [3.63, 3.8) is 0 Å². The van der Waals surface area contributed by atoms with Gasteiger partial charge in [-0.25, -0.2) is 9.67 Å². The van der Waals surface area contributed by atoms with Crippen LogP contribution in [0, 0.1) is 5.92 Å². The molecule has 2 rings (SSSR count). The summed E-state index contributed by atoms with van der Waals surface area (Å²) >= 11 is 15.7. The molecule has 0 N–H and O–H groups in total. The summed E-state index contributed by atoms with van der Waals surface area (Å²) < 4.78 is 2.56. The van der Waals surface area contributed by atoms with E-state index in [0.717, 1.165) is 22.2 Å². The Kier molecular flexibility index (Phi) is 4.87. The summed E-state index contributed by atoms with van der Waals surface area (Å²) in [6.07, 6.45) is 2.57. The number of halogens is 3. The molecule has 0 radical (unpaired) electrons. The number of aromatic nitrogens is 3. The van der Waals surface area contributed by atoms with Gasteiger partial charge < -0.3 is 0 Å². The Labute approximate surface area is 131 Å². The number of hydrogen-bond donors (Lipinski definition) is 0. The topological polar surface area (TPSA) is 30.7 Å². The zero-order chi connectivity index (χ0) is 14.0. The summed E-state index contributed by atoms with van der Waals surface area (Å²) in [6.45, 7) is 4.28. The lowest BCUT2D eigenvalue weighted by atomic mass is 10.1. The molecule has 3 nitrogen and oxygen atoms in total. The van der Waals surface area contributed by atoms with E-state index in [1.54, 1.807) is 10.9 Å². The van der Waals surface area contributed by atoms with E-state index >= 15 is 0 Å². The van der Waals surface area contributed by atoms with Gasteiger partial charge in [-0.05, 0) is 40.4 Å². The normalized spacial score (nSPS) is 11.3. The number of hydrogen-bond acceptors (Lipinski definition) is 2. The van der Waals surface area contributed by atoms with E-state index in [1.165, 1.54) is 0 Å². The molecule has 0 spiro atoms. The second-order valence-corrected chi connectivity index (χ2v) is 6.24. The van der Waals surface area contributed by atoms with Gasteiger partial charge in [0.05, 0.1) is 11.6 Å². The predicted octanol–water partition coefficient (Wildman–Crippen LogP) is 4.62. The molecular formula is C13H14BrCl2N3. The third kappa shape index (κ3) is 3.30. The Balaban J connectivity index is 2.46. The van der Waals surface area contributed by atoms with Crippen LogP contribution in [0.3, 0.4) is 0 Å². The van der Waals surface area contributed by atoms with Crippen molar-refractivity contribution >= 4 is 39.1 Å². The quantitative estimate of drug-likeness (QED) is 0.743. The zero-order valence-corrected chi connectivity index (χ0v) is 13.8. The molecule has 0 aliphatic rings. The first-order chi connectivity index (χ1) is 9.02. The van der Waals surface area contributed by atoms with Crippen LogP contribution in [-0.2, 0) is 12.3 Å². The van der Waals surface area contributed by atoms with Crippen molar-refractivity contribution in [2.24, 2.45) is 5.92 Å². The van der Waals surface area contributed by atoms with Gasteiger partial charge in [0.1, 0.15) is 5.15 Å². The van der Waals surface area contributed by atoms with Crippen molar-refractivity contribution in [2.75, 3.05) is 0 Å². The van der Waals surface area contributed by atoms with Crippen molar-refractivity contribution in [1.82, 2.24) is 14.8 Å². The highest BCUT2D eigenvalue weighted by atomic mass is 79.9. The monoisotopic (exact) mass is 361 g/mol. The van der Waals surface area contributed by atoms with E-state index in [0.29, 0.717) is 22.8 Å². The van der Waals surface area contributed by atoms with Crippen LogP contribution in [0.25, 0.3) is 5.82 Å². The van der Waals surface area contributed by atoms with E-state index in [2.05, 4.69) is 39.9 Å². The average molecular weight is 363 g/mol. The number of rotatable bonds is 4. The molecule has 6 heteroatoms. The van der Waals surface area contributed by atoms with Gasteiger partial charge in [0.2, 0.25) is 0 Å². The maximum atomic E-state index is 6.35.